The van der Waals surface area contributed by atoms with Crippen LogP contribution in [0.3, 0.4) is 0 Å². The fourth-order valence-electron chi connectivity index (χ4n) is 1.98. The molecule has 0 bridgehead atoms. The van der Waals surface area contributed by atoms with Crippen LogP contribution in [-0.2, 0) is 10.0 Å². The zero-order valence-corrected chi connectivity index (χ0v) is 16.6. The second kappa shape index (κ2) is 8.54. The number of nitrogens with one attached hydrogen (secondary N) is 3. The van der Waals surface area contributed by atoms with E-state index in [2.05, 4.69) is 46.2 Å². The highest BCUT2D eigenvalue weighted by atomic mass is 79.9. The molecule has 0 aliphatic rings. The zero-order valence-electron chi connectivity index (χ0n) is 13.4. The predicted molar refractivity (Wildman–Crippen MR) is 105 cm³/mol. The summed E-state index contributed by atoms with van der Waals surface area (Å²) in [6.45, 7) is 0.608. The molecule has 8 nitrogen and oxygen atoms in total. The van der Waals surface area contributed by atoms with E-state index in [0.717, 1.165) is 15.1 Å². The maximum Gasteiger partial charge on any atom is 0.250 e. The number of nitrogens with zero attached hydrogens (tertiary/aromatic N) is 3. The molecule has 0 saturated carbocycles. The van der Waals surface area contributed by atoms with Gasteiger partial charge in [-0.2, -0.15) is 0 Å². The summed E-state index contributed by atoms with van der Waals surface area (Å²) in [6.07, 6.45) is 3.10. The first kappa shape index (κ1) is 18.7. The average Bonchev–Trinajstić information content (AvgIpc) is 3.08. The third-order valence-corrected chi connectivity index (χ3v) is 6.70. The molecule has 3 aromatic heterocycles. The number of pyridine rings is 1. The number of hydrogen-bond donors (Lipinski definition) is 3. The first-order valence-corrected chi connectivity index (χ1v) is 10.6. The van der Waals surface area contributed by atoms with Crippen molar-refractivity contribution in [3.8, 4) is 0 Å². The number of anilines is 3. The Bertz CT molecular complexity index is 965. The predicted octanol–water partition coefficient (Wildman–Crippen LogP) is 2.83. The van der Waals surface area contributed by atoms with Crippen molar-refractivity contribution >= 4 is 54.7 Å². The summed E-state index contributed by atoms with van der Waals surface area (Å²) >= 11 is 4.42. The summed E-state index contributed by atoms with van der Waals surface area (Å²) in [7, 11) is -3.50. The van der Waals surface area contributed by atoms with Crippen molar-refractivity contribution in [3.63, 3.8) is 0 Å². The molecule has 0 aromatic carbocycles. The molecule has 3 heterocycles. The smallest absolute Gasteiger partial charge is 0.250 e. The van der Waals surface area contributed by atoms with Gasteiger partial charge in [-0.25, -0.2) is 28.1 Å². The molecule has 3 aromatic rings. The van der Waals surface area contributed by atoms with Gasteiger partial charge in [-0.1, -0.05) is 6.07 Å². The standard InChI is InChI=1S/C15H15BrN6O2S2/c16-11-4-5-15(25-11)26(23,24)21-8-7-18-13-9-14(20-10-19-13)22-12-3-1-2-6-17-12/h1-6,9-10,21H,7-8H2,(H2,17,18,19,20,22). The summed E-state index contributed by atoms with van der Waals surface area (Å²) in [5, 5.41) is 6.12. The van der Waals surface area contributed by atoms with Crippen LogP contribution in [0, 0.1) is 0 Å². The molecule has 0 spiro atoms. The lowest BCUT2D eigenvalue weighted by atomic mass is 10.4. The van der Waals surface area contributed by atoms with Crippen molar-refractivity contribution in [3.05, 3.63) is 52.7 Å². The molecule has 3 N–H and O–H groups in total. The van der Waals surface area contributed by atoms with Gasteiger partial charge in [0.2, 0.25) is 10.0 Å². The van der Waals surface area contributed by atoms with Crippen LogP contribution in [0.1, 0.15) is 0 Å². The van der Waals surface area contributed by atoms with Crippen LogP contribution < -0.4 is 15.4 Å². The van der Waals surface area contributed by atoms with Gasteiger partial charge >= 0.3 is 0 Å². The molecular formula is C15H15BrN6O2S2. The van der Waals surface area contributed by atoms with Crippen molar-refractivity contribution in [2.24, 2.45) is 0 Å². The first-order chi connectivity index (χ1) is 12.5. The van der Waals surface area contributed by atoms with Crippen molar-refractivity contribution in [2.75, 3.05) is 23.7 Å². The number of hydrogen-bond acceptors (Lipinski definition) is 8. The number of aromatic nitrogens is 3. The Kier molecular flexibility index (Phi) is 6.14. The van der Waals surface area contributed by atoms with E-state index in [1.807, 2.05) is 18.2 Å². The molecule has 0 saturated heterocycles. The topological polar surface area (TPSA) is 109 Å². The maximum absolute atomic E-state index is 12.1. The van der Waals surface area contributed by atoms with Crippen molar-refractivity contribution < 1.29 is 8.42 Å². The fourth-order valence-corrected chi connectivity index (χ4v) is 5.07. The van der Waals surface area contributed by atoms with Crippen LogP contribution in [0.25, 0.3) is 0 Å². The zero-order chi connectivity index (χ0) is 18.4. The molecule has 0 aliphatic heterocycles. The van der Waals surface area contributed by atoms with Crippen LogP contribution in [0.5, 0.6) is 0 Å². The maximum atomic E-state index is 12.1. The number of rotatable bonds is 8. The molecular weight excluding hydrogens is 440 g/mol. The summed E-state index contributed by atoms with van der Waals surface area (Å²) in [5.41, 5.74) is 0. The summed E-state index contributed by atoms with van der Waals surface area (Å²) < 4.78 is 27.8. The molecule has 3 rings (SSSR count). The lowest BCUT2D eigenvalue weighted by Gasteiger charge is -2.09. The molecule has 11 heteroatoms. The van der Waals surface area contributed by atoms with E-state index < -0.39 is 10.0 Å². The van der Waals surface area contributed by atoms with Gasteiger partial charge in [0.25, 0.3) is 0 Å². The van der Waals surface area contributed by atoms with Gasteiger partial charge in [-0.3, -0.25) is 0 Å². The highest BCUT2D eigenvalue weighted by Crippen LogP contribution is 2.25. The van der Waals surface area contributed by atoms with Crippen LogP contribution in [0.15, 0.2) is 56.9 Å². The van der Waals surface area contributed by atoms with Gasteiger partial charge in [0, 0.05) is 25.4 Å². The lowest BCUT2D eigenvalue weighted by Crippen LogP contribution is -2.28. The Balaban J connectivity index is 1.51. The first-order valence-electron chi connectivity index (χ1n) is 7.52. The average molecular weight is 455 g/mol. The van der Waals surface area contributed by atoms with Gasteiger partial charge in [0.1, 0.15) is 28.0 Å². The number of thiophene rings is 1. The van der Waals surface area contributed by atoms with Crippen molar-refractivity contribution in [1.29, 1.82) is 0 Å². The van der Waals surface area contributed by atoms with Crippen molar-refractivity contribution in [2.45, 2.75) is 4.21 Å². The van der Waals surface area contributed by atoms with E-state index in [1.165, 1.54) is 6.33 Å². The minimum Gasteiger partial charge on any atom is -0.369 e. The molecule has 0 amide bonds. The number of sulfonamides is 1. The van der Waals surface area contributed by atoms with E-state index in [1.54, 1.807) is 24.4 Å². The third kappa shape index (κ3) is 5.21. The molecule has 0 unspecified atom stereocenters. The Morgan fingerprint density at radius 2 is 1.85 bits per heavy atom. The van der Waals surface area contributed by atoms with Crippen LogP contribution in [-0.4, -0.2) is 36.5 Å². The van der Waals surface area contributed by atoms with E-state index in [0.29, 0.717) is 24.0 Å². The minimum atomic E-state index is -3.50. The third-order valence-electron chi connectivity index (χ3n) is 3.12. The Morgan fingerprint density at radius 3 is 2.58 bits per heavy atom. The molecule has 136 valence electrons. The molecule has 0 radical (unpaired) electrons. The van der Waals surface area contributed by atoms with Crippen LogP contribution >= 0.6 is 27.3 Å². The van der Waals surface area contributed by atoms with E-state index >= 15 is 0 Å². The van der Waals surface area contributed by atoms with Gasteiger partial charge in [-0.15, -0.1) is 11.3 Å². The second-order valence-corrected chi connectivity index (χ2v) is 9.47. The summed E-state index contributed by atoms with van der Waals surface area (Å²) in [6, 6.07) is 10.5. The van der Waals surface area contributed by atoms with Gasteiger partial charge < -0.3 is 10.6 Å². The summed E-state index contributed by atoms with van der Waals surface area (Å²) in [5.74, 6) is 1.84. The highest BCUT2D eigenvalue weighted by Gasteiger charge is 2.15. The monoisotopic (exact) mass is 454 g/mol. The number of halogens is 1. The molecule has 26 heavy (non-hydrogen) atoms. The molecule has 0 atom stereocenters. The second-order valence-electron chi connectivity index (χ2n) is 5.01. The lowest BCUT2D eigenvalue weighted by molar-refractivity contribution is 0.585. The van der Waals surface area contributed by atoms with Gasteiger partial charge in [-0.05, 0) is 40.2 Å². The van der Waals surface area contributed by atoms with E-state index in [-0.39, 0.29) is 10.8 Å². The fraction of sp³-hybridized carbons (Fsp3) is 0.133. The quantitative estimate of drug-likeness (QED) is 0.448. The summed E-state index contributed by atoms with van der Waals surface area (Å²) in [4.78, 5) is 12.4. The molecule has 0 aliphatic carbocycles. The van der Waals surface area contributed by atoms with Crippen LogP contribution in [0.2, 0.25) is 0 Å². The largest absolute Gasteiger partial charge is 0.369 e. The molecule has 0 fully saturated rings. The normalized spacial score (nSPS) is 11.3. The highest BCUT2D eigenvalue weighted by molar-refractivity contribution is 9.11. The Labute approximate surface area is 163 Å². The van der Waals surface area contributed by atoms with E-state index in [9.17, 15) is 8.42 Å². The minimum absolute atomic E-state index is 0.227. The van der Waals surface area contributed by atoms with Crippen LogP contribution in [0.4, 0.5) is 17.5 Å². The Hall–Kier alpha value is -2.08. The Morgan fingerprint density at radius 1 is 1.00 bits per heavy atom. The van der Waals surface area contributed by atoms with Crippen molar-refractivity contribution in [1.82, 2.24) is 19.7 Å². The van der Waals surface area contributed by atoms with Gasteiger partial charge in [0.15, 0.2) is 0 Å². The van der Waals surface area contributed by atoms with Gasteiger partial charge in [0.05, 0.1) is 3.79 Å². The van der Waals surface area contributed by atoms with E-state index in [4.69, 9.17) is 0 Å². The SMILES string of the molecule is O=S(=O)(NCCNc1cc(Nc2ccccn2)ncn1)c1ccc(Br)s1.